The van der Waals surface area contributed by atoms with Gasteiger partial charge in [0.25, 0.3) is 4.90 Å². The van der Waals surface area contributed by atoms with Crippen molar-refractivity contribution in [3.05, 3.63) is 39.6 Å². The molecule has 2 aromatic rings. The van der Waals surface area contributed by atoms with E-state index in [0.29, 0.717) is 11.4 Å². The largest absolute Gasteiger partial charge is 0.309 e. The summed E-state index contributed by atoms with van der Waals surface area (Å²) in [6.45, 7) is 3.55. The van der Waals surface area contributed by atoms with Crippen LogP contribution in [0.1, 0.15) is 11.4 Å². The summed E-state index contributed by atoms with van der Waals surface area (Å²) in [5.74, 6) is -1.62. The maximum atomic E-state index is 13.8. The van der Waals surface area contributed by atoms with Crippen LogP contribution < -0.4 is 4.72 Å². The van der Waals surface area contributed by atoms with Gasteiger partial charge in [0, 0.05) is 11.5 Å². The van der Waals surface area contributed by atoms with Crippen molar-refractivity contribution in [3.63, 3.8) is 0 Å². The van der Waals surface area contributed by atoms with Gasteiger partial charge in [-0.3, -0.25) is 4.68 Å². The molecule has 0 amide bonds. The normalized spacial score (nSPS) is 12.6. The number of anilines is 1. The number of benzene rings is 1. The van der Waals surface area contributed by atoms with E-state index in [1.807, 2.05) is 0 Å². The van der Waals surface area contributed by atoms with Gasteiger partial charge in [-0.05, 0) is 26.0 Å². The van der Waals surface area contributed by atoms with Gasteiger partial charge in [-0.1, -0.05) is 15.9 Å². The molecule has 1 aromatic heterocycles. The van der Waals surface area contributed by atoms with E-state index < -0.39 is 27.9 Å². The highest BCUT2D eigenvalue weighted by atomic mass is 79.9. The first-order chi connectivity index (χ1) is 9.31. The zero-order valence-electron chi connectivity index (χ0n) is 11.0. The Kier molecular flexibility index (Phi) is 4.36. The minimum Gasteiger partial charge on any atom is -0.270 e. The molecular formula is C12H13BrF2N3OS+. The van der Waals surface area contributed by atoms with Gasteiger partial charge in [0.05, 0.1) is 11.4 Å². The molecule has 4 nitrogen and oxygen atoms in total. The third-order valence-corrected chi connectivity index (χ3v) is 4.50. The standard InChI is InChI=1S/C12H13BrF2N3OS/c1-6-11(7(2)18(3)16-6)17-20(19)12-9(14)4-8(13)5-10(12)15/h4-5,17,19H,1-3H3/q+1. The Morgan fingerprint density at radius 1 is 1.30 bits per heavy atom. The molecule has 0 radical (unpaired) electrons. The van der Waals surface area contributed by atoms with Crippen molar-refractivity contribution in [2.24, 2.45) is 7.05 Å². The van der Waals surface area contributed by atoms with E-state index in [-0.39, 0.29) is 4.47 Å². The first-order valence-corrected chi connectivity index (χ1v) is 7.63. The molecular weight excluding hydrogens is 352 g/mol. The van der Waals surface area contributed by atoms with Crippen LogP contribution in [-0.4, -0.2) is 14.3 Å². The fourth-order valence-corrected chi connectivity index (χ4v) is 3.26. The van der Waals surface area contributed by atoms with E-state index in [1.54, 1.807) is 25.6 Å². The average molecular weight is 365 g/mol. The monoisotopic (exact) mass is 364 g/mol. The summed E-state index contributed by atoms with van der Waals surface area (Å²) in [5.41, 5.74) is 1.99. The van der Waals surface area contributed by atoms with E-state index >= 15 is 0 Å². The van der Waals surface area contributed by atoms with Gasteiger partial charge in [0.2, 0.25) is 0 Å². The molecule has 0 aliphatic heterocycles. The van der Waals surface area contributed by atoms with E-state index in [0.717, 1.165) is 17.8 Å². The summed E-state index contributed by atoms with van der Waals surface area (Å²) in [5, 5.41) is 4.17. The number of rotatable bonds is 3. The maximum absolute atomic E-state index is 13.8. The third-order valence-electron chi connectivity index (χ3n) is 2.86. The SMILES string of the molecule is Cc1nn(C)c(C)c1N[S+](O)c1c(F)cc(Br)cc1F. The van der Waals surface area contributed by atoms with Gasteiger partial charge < -0.3 is 0 Å². The van der Waals surface area contributed by atoms with Crippen LogP contribution in [0.25, 0.3) is 0 Å². The Labute approximate surface area is 126 Å². The zero-order valence-corrected chi connectivity index (χ0v) is 13.4. The molecule has 8 heteroatoms. The van der Waals surface area contributed by atoms with Crippen LogP contribution >= 0.6 is 15.9 Å². The summed E-state index contributed by atoms with van der Waals surface area (Å²) >= 11 is 1.20. The second kappa shape index (κ2) is 5.71. The summed E-state index contributed by atoms with van der Waals surface area (Å²) in [6, 6.07) is 2.22. The van der Waals surface area contributed by atoms with E-state index in [1.165, 1.54) is 0 Å². The zero-order chi connectivity index (χ0) is 15.0. The van der Waals surface area contributed by atoms with Crippen molar-refractivity contribution in [1.29, 1.82) is 0 Å². The number of aromatic nitrogens is 2. The fourth-order valence-electron chi connectivity index (χ4n) is 1.78. The highest BCUT2D eigenvalue weighted by Gasteiger charge is 2.32. The van der Waals surface area contributed by atoms with Gasteiger partial charge in [-0.15, -0.1) is 0 Å². The minimum atomic E-state index is -1.80. The van der Waals surface area contributed by atoms with Gasteiger partial charge in [-0.2, -0.15) is 14.4 Å². The molecule has 0 saturated carbocycles. The lowest BCUT2D eigenvalue weighted by molar-refractivity contribution is 0.525. The molecule has 0 aliphatic rings. The number of nitrogens with zero attached hydrogens (tertiary/aromatic N) is 2. The maximum Gasteiger partial charge on any atom is 0.309 e. The topological polar surface area (TPSA) is 50.1 Å². The van der Waals surface area contributed by atoms with Crippen LogP contribution in [0.4, 0.5) is 14.5 Å². The lowest BCUT2D eigenvalue weighted by atomic mass is 10.3. The van der Waals surface area contributed by atoms with Gasteiger partial charge >= 0.3 is 11.4 Å². The molecule has 0 spiro atoms. The van der Waals surface area contributed by atoms with Crippen LogP contribution in [0.3, 0.4) is 0 Å². The molecule has 108 valence electrons. The molecule has 1 atom stereocenters. The van der Waals surface area contributed by atoms with Crippen LogP contribution in [0.15, 0.2) is 21.5 Å². The summed E-state index contributed by atoms with van der Waals surface area (Å²) < 4.78 is 42.3. The van der Waals surface area contributed by atoms with Crippen LogP contribution in [0, 0.1) is 25.5 Å². The van der Waals surface area contributed by atoms with E-state index in [2.05, 4.69) is 25.8 Å². The number of halogens is 3. The molecule has 0 bridgehead atoms. The summed E-state index contributed by atoms with van der Waals surface area (Å²) in [7, 11) is 1.75. The van der Waals surface area contributed by atoms with Crippen molar-refractivity contribution in [1.82, 2.24) is 9.78 Å². The molecule has 0 saturated heterocycles. The second-order valence-corrected chi connectivity index (χ2v) is 6.35. The molecule has 1 heterocycles. The molecule has 1 unspecified atom stereocenters. The van der Waals surface area contributed by atoms with E-state index in [4.69, 9.17) is 0 Å². The van der Waals surface area contributed by atoms with Crippen molar-refractivity contribution in [3.8, 4) is 0 Å². The highest BCUT2D eigenvalue weighted by molar-refractivity contribution is 9.10. The Morgan fingerprint density at radius 2 is 1.85 bits per heavy atom. The molecule has 1 aromatic carbocycles. The van der Waals surface area contributed by atoms with Gasteiger partial charge in [-0.25, -0.2) is 8.78 Å². The smallest absolute Gasteiger partial charge is 0.270 e. The molecule has 0 fully saturated rings. The number of aryl methyl sites for hydroxylation is 2. The van der Waals surface area contributed by atoms with Crippen LogP contribution in [-0.2, 0) is 18.4 Å². The Bertz CT molecular complexity index is 639. The quantitative estimate of drug-likeness (QED) is 0.818. The van der Waals surface area contributed by atoms with Gasteiger partial charge in [0.1, 0.15) is 5.69 Å². The first-order valence-electron chi connectivity index (χ1n) is 5.66. The average Bonchev–Trinajstić information content (AvgIpc) is 2.54. The van der Waals surface area contributed by atoms with Crippen molar-refractivity contribution < 1.29 is 13.3 Å². The predicted octanol–water partition coefficient (Wildman–Crippen LogP) is 3.55. The van der Waals surface area contributed by atoms with Gasteiger partial charge in [0.15, 0.2) is 11.6 Å². The highest BCUT2D eigenvalue weighted by Crippen LogP contribution is 2.27. The lowest BCUT2D eigenvalue weighted by Crippen LogP contribution is -2.17. The third kappa shape index (κ3) is 2.82. The molecule has 0 aliphatic carbocycles. The Morgan fingerprint density at radius 3 is 2.30 bits per heavy atom. The molecule has 2 rings (SSSR count). The first kappa shape index (κ1) is 15.3. The minimum absolute atomic E-state index is 0.280. The summed E-state index contributed by atoms with van der Waals surface area (Å²) in [6.07, 6.45) is 0. The number of hydrogen-bond acceptors (Lipinski definition) is 3. The van der Waals surface area contributed by atoms with Crippen LogP contribution in [0.2, 0.25) is 0 Å². The van der Waals surface area contributed by atoms with E-state index in [9.17, 15) is 13.3 Å². The molecule has 2 N–H and O–H groups in total. The number of nitrogens with one attached hydrogen (secondary N) is 1. The fraction of sp³-hybridized carbons (Fsp3) is 0.250. The molecule has 20 heavy (non-hydrogen) atoms. The second-order valence-electron chi connectivity index (χ2n) is 4.25. The van der Waals surface area contributed by atoms with Crippen molar-refractivity contribution >= 4 is 33.0 Å². The van der Waals surface area contributed by atoms with Crippen LogP contribution in [0.5, 0.6) is 0 Å². The Balaban J connectivity index is 2.36. The predicted molar refractivity (Wildman–Crippen MR) is 78.6 cm³/mol. The summed E-state index contributed by atoms with van der Waals surface area (Å²) in [4.78, 5) is -0.393. The van der Waals surface area contributed by atoms with Crippen molar-refractivity contribution in [2.75, 3.05) is 4.72 Å². The Hall–Kier alpha value is -1.12. The lowest BCUT2D eigenvalue weighted by Gasteiger charge is -2.05. The van der Waals surface area contributed by atoms with Crippen molar-refractivity contribution in [2.45, 2.75) is 18.7 Å². The number of hydrogen-bond donors (Lipinski definition) is 2.